The van der Waals surface area contributed by atoms with Gasteiger partial charge in [-0.3, -0.25) is 4.40 Å². The maximum absolute atomic E-state index is 13.1. The first kappa shape index (κ1) is 27.7. The monoisotopic (exact) mass is 564 g/mol. The molecule has 0 spiro atoms. The van der Waals surface area contributed by atoms with Crippen LogP contribution in [-0.2, 0) is 26.2 Å². The number of ether oxygens (including phenoxy) is 2. The third-order valence-corrected chi connectivity index (χ3v) is 11.6. The molecular formula is C25H40N6O5SSi. The van der Waals surface area contributed by atoms with E-state index in [2.05, 4.69) is 41.7 Å². The van der Waals surface area contributed by atoms with Crippen molar-refractivity contribution in [1.29, 1.82) is 0 Å². The molecule has 38 heavy (non-hydrogen) atoms. The molecule has 1 aliphatic carbocycles. The van der Waals surface area contributed by atoms with Gasteiger partial charge in [-0.05, 0) is 30.9 Å². The fourth-order valence-electron chi connectivity index (χ4n) is 5.81. The Hall–Kier alpha value is -1.90. The van der Waals surface area contributed by atoms with Crippen LogP contribution in [0.1, 0.15) is 37.9 Å². The van der Waals surface area contributed by atoms with Gasteiger partial charge >= 0.3 is 0 Å². The molecule has 3 unspecified atom stereocenters. The van der Waals surface area contributed by atoms with E-state index in [0.717, 1.165) is 36.1 Å². The van der Waals surface area contributed by atoms with Crippen LogP contribution in [0.4, 0.5) is 0 Å². The predicted octanol–water partition coefficient (Wildman–Crippen LogP) is 2.69. The zero-order valence-electron chi connectivity index (χ0n) is 22.8. The van der Waals surface area contributed by atoms with Crippen molar-refractivity contribution in [3.63, 3.8) is 0 Å². The van der Waals surface area contributed by atoms with Crippen LogP contribution >= 0.6 is 0 Å². The predicted molar refractivity (Wildman–Crippen MR) is 147 cm³/mol. The maximum Gasteiger partial charge on any atom is 0.217 e. The molecule has 5 rings (SSSR count). The summed E-state index contributed by atoms with van der Waals surface area (Å²) < 4.78 is 43.0. The van der Waals surface area contributed by atoms with Crippen LogP contribution in [0.15, 0.2) is 18.5 Å². The van der Waals surface area contributed by atoms with Gasteiger partial charge in [-0.25, -0.2) is 13.4 Å². The third kappa shape index (κ3) is 5.68. The SMILES string of the molecule is CCC1CC(O)(CS(=O)(=O)N2CCOCC2)CC1c1nnc2cnc3c(ccn3COCC[Si](C)(C)C)n12. The zero-order chi connectivity index (χ0) is 27.1. The van der Waals surface area contributed by atoms with Gasteiger partial charge in [0.25, 0.3) is 0 Å². The summed E-state index contributed by atoms with van der Waals surface area (Å²) in [6, 6.07) is 3.10. The van der Waals surface area contributed by atoms with E-state index < -0.39 is 23.7 Å². The minimum atomic E-state index is -3.61. The van der Waals surface area contributed by atoms with Crippen molar-refractivity contribution in [3.8, 4) is 0 Å². The Balaban J connectivity index is 1.40. The Bertz CT molecular complexity index is 1380. The van der Waals surface area contributed by atoms with Crippen molar-refractivity contribution >= 4 is 34.9 Å². The normalized spacial score (nSPS) is 25.6. The molecule has 0 amide bonds. The van der Waals surface area contributed by atoms with Crippen molar-refractivity contribution < 1.29 is 23.0 Å². The summed E-state index contributed by atoms with van der Waals surface area (Å²) in [6.45, 7) is 11.7. The lowest BCUT2D eigenvalue weighted by Gasteiger charge is -2.30. The minimum absolute atomic E-state index is 0.0856. The standard InChI is InChI=1S/C25H40N6O5SSi/c1-5-19-14-25(32,17-37(33,34)30-8-10-35-11-9-30)15-20(19)23-28-27-22-16-26-24-21(31(22)23)6-7-29(24)18-36-12-13-38(2,3)4/h6-7,16,19-20,32H,5,8-15,17-18H2,1-4H3. The number of aliphatic hydroxyl groups is 1. The molecule has 13 heteroatoms. The minimum Gasteiger partial charge on any atom is -0.389 e. The molecule has 1 N–H and O–H groups in total. The molecule has 2 fully saturated rings. The first-order valence-corrected chi connectivity index (χ1v) is 18.9. The van der Waals surface area contributed by atoms with Gasteiger partial charge in [0, 0.05) is 39.9 Å². The van der Waals surface area contributed by atoms with Crippen molar-refractivity contribution in [3.05, 3.63) is 24.3 Å². The molecule has 0 aromatic carbocycles. The Morgan fingerprint density at radius 1 is 1.21 bits per heavy atom. The number of morpholine rings is 1. The number of rotatable bonds is 10. The highest BCUT2D eigenvalue weighted by atomic mass is 32.2. The summed E-state index contributed by atoms with van der Waals surface area (Å²) in [5, 5.41) is 20.5. The van der Waals surface area contributed by atoms with Gasteiger partial charge in [-0.15, -0.1) is 10.2 Å². The lowest BCUT2D eigenvalue weighted by Crippen LogP contribution is -2.47. The van der Waals surface area contributed by atoms with E-state index in [4.69, 9.17) is 9.47 Å². The molecule has 2 aliphatic rings. The molecule has 1 saturated carbocycles. The molecule has 1 aliphatic heterocycles. The van der Waals surface area contributed by atoms with E-state index in [1.807, 2.05) is 21.2 Å². The number of sulfonamides is 1. The lowest BCUT2D eigenvalue weighted by atomic mass is 9.93. The zero-order valence-corrected chi connectivity index (χ0v) is 24.7. The van der Waals surface area contributed by atoms with E-state index in [9.17, 15) is 13.5 Å². The second-order valence-corrected chi connectivity index (χ2v) is 19.6. The highest BCUT2D eigenvalue weighted by Gasteiger charge is 2.49. The number of fused-ring (bicyclic) bond motifs is 3. The van der Waals surface area contributed by atoms with Crippen molar-refractivity contribution in [2.75, 3.05) is 38.7 Å². The highest BCUT2D eigenvalue weighted by Crippen LogP contribution is 2.47. The van der Waals surface area contributed by atoms with Crippen LogP contribution in [0.3, 0.4) is 0 Å². The van der Waals surface area contributed by atoms with Gasteiger partial charge in [0.15, 0.2) is 11.3 Å². The molecule has 0 radical (unpaired) electrons. The topological polar surface area (TPSA) is 124 Å². The quantitative estimate of drug-likeness (QED) is 0.294. The fraction of sp³-hybridized carbons (Fsp3) is 0.720. The maximum atomic E-state index is 13.1. The second kappa shape index (κ2) is 10.6. The van der Waals surface area contributed by atoms with E-state index in [0.29, 0.717) is 51.5 Å². The smallest absolute Gasteiger partial charge is 0.217 e. The van der Waals surface area contributed by atoms with Gasteiger partial charge < -0.3 is 19.1 Å². The van der Waals surface area contributed by atoms with Crippen LogP contribution in [0.5, 0.6) is 0 Å². The van der Waals surface area contributed by atoms with Crippen LogP contribution in [-0.4, -0.2) is 94.3 Å². The summed E-state index contributed by atoms with van der Waals surface area (Å²) in [6.07, 6.45) is 5.21. The first-order chi connectivity index (χ1) is 18.0. The van der Waals surface area contributed by atoms with E-state index >= 15 is 0 Å². The Labute approximate surface area is 225 Å². The summed E-state index contributed by atoms with van der Waals surface area (Å²) in [7, 11) is -4.77. The summed E-state index contributed by atoms with van der Waals surface area (Å²) in [4.78, 5) is 4.63. The van der Waals surface area contributed by atoms with Crippen LogP contribution in [0.2, 0.25) is 25.7 Å². The molecule has 3 aromatic heterocycles. The summed E-state index contributed by atoms with van der Waals surface area (Å²) >= 11 is 0. The Kier molecular flexibility index (Phi) is 7.70. The van der Waals surface area contributed by atoms with Crippen LogP contribution in [0, 0.1) is 5.92 Å². The fourth-order valence-corrected chi connectivity index (χ4v) is 8.37. The van der Waals surface area contributed by atoms with Crippen LogP contribution < -0.4 is 0 Å². The lowest BCUT2D eigenvalue weighted by molar-refractivity contribution is 0.0570. The van der Waals surface area contributed by atoms with Gasteiger partial charge in [0.05, 0.1) is 36.3 Å². The van der Waals surface area contributed by atoms with Gasteiger partial charge in [-0.2, -0.15) is 4.31 Å². The molecule has 1 saturated heterocycles. The molecule has 3 aromatic rings. The molecule has 3 atom stereocenters. The third-order valence-electron chi connectivity index (χ3n) is 7.88. The number of aromatic nitrogens is 5. The largest absolute Gasteiger partial charge is 0.389 e. The van der Waals surface area contributed by atoms with Crippen molar-refractivity contribution in [1.82, 2.24) is 28.5 Å². The van der Waals surface area contributed by atoms with Crippen molar-refractivity contribution in [2.45, 2.75) is 70.1 Å². The van der Waals surface area contributed by atoms with Crippen LogP contribution in [0.25, 0.3) is 16.8 Å². The molecule has 4 heterocycles. The molecule has 0 bridgehead atoms. The number of hydrogen-bond acceptors (Lipinski definition) is 8. The first-order valence-electron chi connectivity index (χ1n) is 13.5. The Morgan fingerprint density at radius 2 is 1.97 bits per heavy atom. The van der Waals surface area contributed by atoms with Gasteiger partial charge in [0.2, 0.25) is 10.0 Å². The summed E-state index contributed by atoms with van der Waals surface area (Å²) in [5.41, 5.74) is 0.970. The highest BCUT2D eigenvalue weighted by molar-refractivity contribution is 7.89. The molecular weight excluding hydrogens is 524 g/mol. The Morgan fingerprint density at radius 3 is 2.68 bits per heavy atom. The number of hydrogen-bond donors (Lipinski definition) is 1. The van der Waals surface area contributed by atoms with Gasteiger partial charge in [-0.1, -0.05) is 33.0 Å². The molecule has 11 nitrogen and oxygen atoms in total. The molecule has 210 valence electrons. The van der Waals surface area contributed by atoms with E-state index in [1.165, 1.54) is 4.31 Å². The van der Waals surface area contributed by atoms with Gasteiger partial charge in [0.1, 0.15) is 12.6 Å². The van der Waals surface area contributed by atoms with Crippen molar-refractivity contribution in [2.24, 2.45) is 5.92 Å². The summed E-state index contributed by atoms with van der Waals surface area (Å²) in [5.74, 6) is 0.423. The second-order valence-electron chi connectivity index (χ2n) is 12.0. The van der Waals surface area contributed by atoms with E-state index in [-0.39, 0.29) is 17.6 Å². The average molecular weight is 565 g/mol. The average Bonchev–Trinajstić information content (AvgIpc) is 3.56. The van der Waals surface area contributed by atoms with E-state index in [1.54, 1.807) is 6.20 Å². The number of nitrogens with zero attached hydrogens (tertiary/aromatic N) is 6.